The number of aldehydes is 1. The molecule has 1 aliphatic heterocycles. The van der Waals surface area contributed by atoms with Gasteiger partial charge in [0.25, 0.3) is 0 Å². The van der Waals surface area contributed by atoms with Crippen molar-refractivity contribution in [2.45, 2.75) is 67.2 Å². The first kappa shape index (κ1) is 34.1. The lowest BCUT2D eigenvalue weighted by Gasteiger charge is -2.54. The van der Waals surface area contributed by atoms with Crippen LogP contribution < -0.4 is 5.32 Å². The fraction of sp³-hybridized carbons (Fsp3) is 0.333. The number of benzene rings is 4. The molecule has 6 rings (SSSR count). The zero-order valence-electron chi connectivity index (χ0n) is 26.9. The molecule has 5 atom stereocenters. The second-order valence-electron chi connectivity index (χ2n) is 12.7. The van der Waals surface area contributed by atoms with Gasteiger partial charge in [-0.2, -0.15) is 0 Å². The molecule has 1 heterocycles. The Morgan fingerprint density at radius 1 is 0.958 bits per heavy atom. The number of halogens is 3. The maximum Gasteiger partial charge on any atom is 0.323 e. The minimum absolute atomic E-state index is 0.121. The lowest BCUT2D eigenvalue weighted by atomic mass is 9.55. The van der Waals surface area contributed by atoms with Crippen molar-refractivity contribution in [3.63, 3.8) is 0 Å². The van der Waals surface area contributed by atoms with Crippen molar-refractivity contribution in [2.24, 2.45) is 0 Å². The molecular weight excluding hydrogens is 650 g/mol. The van der Waals surface area contributed by atoms with Gasteiger partial charge in [-0.25, -0.2) is 4.39 Å². The third-order valence-corrected chi connectivity index (χ3v) is 11.1. The van der Waals surface area contributed by atoms with Crippen LogP contribution in [0.3, 0.4) is 0 Å². The molecule has 0 amide bonds. The number of hydrogen-bond donors (Lipinski definition) is 2. The number of carbonyl (C=O) groups is 2. The Bertz CT molecular complexity index is 1770. The monoisotopic (exact) mass is 688 g/mol. The molecule has 1 saturated heterocycles. The van der Waals surface area contributed by atoms with Gasteiger partial charge in [-0.1, -0.05) is 121 Å². The molecule has 9 heteroatoms. The average molecular weight is 690 g/mol. The Morgan fingerprint density at radius 2 is 1.60 bits per heavy atom. The molecule has 1 spiro atoms. The number of rotatable bonds is 9. The molecule has 4 aromatic rings. The van der Waals surface area contributed by atoms with E-state index in [0.29, 0.717) is 34.7 Å². The number of likely N-dealkylation sites (tertiary alicyclic amines) is 1. The van der Waals surface area contributed by atoms with Crippen LogP contribution in [-0.2, 0) is 19.7 Å². The fourth-order valence-electron chi connectivity index (χ4n) is 8.70. The minimum atomic E-state index is -1.54. The third-order valence-electron chi connectivity index (χ3n) is 10.6. The van der Waals surface area contributed by atoms with Gasteiger partial charge < -0.3 is 20.0 Å². The highest BCUT2D eigenvalue weighted by molar-refractivity contribution is 6.31. The molecule has 2 aliphatic rings. The Hall–Kier alpha value is -3.75. The SMILES string of the molecule is CNc1cc(Cl)ccc1[C@]1(C=O)C(c2cccc(Cl)c2F)C(C(=O)OC)N([C@H](c2ccccc2)[C@@H](O)c2ccccc2)C12CCCCC2. The van der Waals surface area contributed by atoms with Crippen LogP contribution in [0.15, 0.2) is 97.1 Å². The summed E-state index contributed by atoms with van der Waals surface area (Å²) in [6.45, 7) is 0. The molecule has 2 N–H and O–H groups in total. The zero-order valence-corrected chi connectivity index (χ0v) is 28.4. The summed E-state index contributed by atoms with van der Waals surface area (Å²) in [5.41, 5.74) is 0.0217. The Balaban J connectivity index is 1.79. The van der Waals surface area contributed by atoms with Crippen molar-refractivity contribution in [3.05, 3.63) is 135 Å². The molecule has 250 valence electrons. The van der Waals surface area contributed by atoms with Gasteiger partial charge in [0.2, 0.25) is 0 Å². The van der Waals surface area contributed by atoms with Crippen LogP contribution in [0.5, 0.6) is 0 Å². The van der Waals surface area contributed by atoms with Crippen LogP contribution in [0.2, 0.25) is 10.0 Å². The second-order valence-corrected chi connectivity index (χ2v) is 13.6. The number of methoxy groups -OCH3 is 1. The van der Waals surface area contributed by atoms with Crippen molar-refractivity contribution in [2.75, 3.05) is 19.5 Å². The summed E-state index contributed by atoms with van der Waals surface area (Å²) >= 11 is 13.0. The smallest absolute Gasteiger partial charge is 0.323 e. The molecular formula is C39H39Cl2FN2O4. The molecule has 0 bridgehead atoms. The maximum atomic E-state index is 16.6. The van der Waals surface area contributed by atoms with Gasteiger partial charge in [0.05, 0.1) is 29.7 Å². The lowest BCUT2D eigenvalue weighted by Crippen LogP contribution is -2.61. The first-order valence-electron chi connectivity index (χ1n) is 16.3. The summed E-state index contributed by atoms with van der Waals surface area (Å²) in [7, 11) is 3.04. The number of aliphatic hydroxyl groups excluding tert-OH is 1. The Kier molecular flexibility index (Phi) is 9.96. The van der Waals surface area contributed by atoms with E-state index >= 15 is 4.39 Å². The standard InChI is InChI=1S/C39H39Cl2FN2O4/c1-43-31-23-27(40)19-20-29(31)39(24-45)32(28-17-12-18-30(41)33(28)42)35(37(47)48-2)44(38(39)21-10-5-11-22-38)34(25-13-6-3-7-14-25)36(46)26-15-8-4-9-16-26/h3-4,6-9,12-20,23-24,32,34-36,43,46H,5,10-11,21-22H2,1-2H3/t32?,34-,35?,36+,39-/m1/s1. The van der Waals surface area contributed by atoms with Crippen molar-refractivity contribution >= 4 is 41.1 Å². The number of esters is 1. The number of nitrogens with zero attached hydrogens (tertiary/aromatic N) is 1. The number of aliphatic hydroxyl groups is 1. The highest BCUT2D eigenvalue weighted by atomic mass is 35.5. The van der Waals surface area contributed by atoms with Crippen molar-refractivity contribution in [1.82, 2.24) is 4.90 Å². The third kappa shape index (κ3) is 5.41. The zero-order chi connectivity index (χ0) is 34.1. The molecule has 1 saturated carbocycles. The maximum absolute atomic E-state index is 16.6. The van der Waals surface area contributed by atoms with Crippen LogP contribution in [0.25, 0.3) is 0 Å². The van der Waals surface area contributed by atoms with E-state index in [2.05, 4.69) is 5.32 Å². The largest absolute Gasteiger partial charge is 0.468 e. The molecule has 4 aromatic carbocycles. The molecule has 6 nitrogen and oxygen atoms in total. The fourth-order valence-corrected chi connectivity index (χ4v) is 9.05. The van der Waals surface area contributed by atoms with Crippen LogP contribution in [0.4, 0.5) is 10.1 Å². The van der Waals surface area contributed by atoms with E-state index in [-0.39, 0.29) is 10.6 Å². The van der Waals surface area contributed by atoms with Crippen LogP contribution in [0.1, 0.15) is 72.4 Å². The van der Waals surface area contributed by atoms with Gasteiger partial charge in [-0.15, -0.1) is 0 Å². The predicted molar refractivity (Wildman–Crippen MR) is 187 cm³/mol. The van der Waals surface area contributed by atoms with E-state index in [9.17, 15) is 14.7 Å². The van der Waals surface area contributed by atoms with E-state index < -0.39 is 46.8 Å². The van der Waals surface area contributed by atoms with E-state index in [1.165, 1.54) is 13.2 Å². The molecule has 0 aromatic heterocycles. The van der Waals surface area contributed by atoms with Gasteiger partial charge in [0, 0.05) is 29.2 Å². The highest BCUT2D eigenvalue weighted by Gasteiger charge is 2.73. The van der Waals surface area contributed by atoms with E-state index in [4.69, 9.17) is 27.9 Å². The van der Waals surface area contributed by atoms with Crippen LogP contribution >= 0.6 is 23.2 Å². The molecule has 2 unspecified atom stereocenters. The van der Waals surface area contributed by atoms with Gasteiger partial charge in [0.1, 0.15) is 18.1 Å². The molecule has 2 fully saturated rings. The summed E-state index contributed by atoms with van der Waals surface area (Å²) in [5.74, 6) is -2.46. The van der Waals surface area contributed by atoms with E-state index in [1.807, 2.05) is 65.6 Å². The summed E-state index contributed by atoms with van der Waals surface area (Å²) < 4.78 is 22.1. The summed E-state index contributed by atoms with van der Waals surface area (Å²) in [6, 6.07) is 26.7. The van der Waals surface area contributed by atoms with E-state index in [0.717, 1.165) is 31.1 Å². The normalized spacial score (nSPS) is 23.4. The molecule has 48 heavy (non-hydrogen) atoms. The molecule has 0 radical (unpaired) electrons. The Labute approximate surface area is 290 Å². The topological polar surface area (TPSA) is 78.9 Å². The number of anilines is 1. The van der Waals surface area contributed by atoms with Crippen molar-refractivity contribution in [3.8, 4) is 0 Å². The second kappa shape index (κ2) is 14.0. The average Bonchev–Trinajstić information content (AvgIpc) is 3.35. The van der Waals surface area contributed by atoms with Crippen molar-refractivity contribution < 1.29 is 23.8 Å². The molecule has 1 aliphatic carbocycles. The summed E-state index contributed by atoms with van der Waals surface area (Å²) in [4.78, 5) is 31.0. The Morgan fingerprint density at radius 3 is 2.21 bits per heavy atom. The first-order valence-corrected chi connectivity index (χ1v) is 17.0. The first-order chi connectivity index (χ1) is 23.3. The van der Waals surface area contributed by atoms with E-state index in [1.54, 1.807) is 37.4 Å². The van der Waals surface area contributed by atoms with Crippen LogP contribution in [-0.4, -0.2) is 48.0 Å². The predicted octanol–water partition coefficient (Wildman–Crippen LogP) is 8.43. The van der Waals surface area contributed by atoms with Gasteiger partial charge in [-0.05, 0) is 53.3 Å². The highest BCUT2D eigenvalue weighted by Crippen LogP contribution is 2.66. The van der Waals surface area contributed by atoms with Gasteiger partial charge >= 0.3 is 5.97 Å². The minimum Gasteiger partial charge on any atom is -0.468 e. The quantitative estimate of drug-likeness (QED) is 0.136. The summed E-state index contributed by atoms with van der Waals surface area (Å²) in [6.07, 6.45) is 3.16. The number of nitrogens with one attached hydrogen (secondary N) is 1. The lowest BCUT2D eigenvalue weighted by molar-refractivity contribution is -0.152. The number of carbonyl (C=O) groups excluding carboxylic acids is 2. The van der Waals surface area contributed by atoms with Gasteiger partial charge in [0.15, 0.2) is 0 Å². The number of hydrogen-bond acceptors (Lipinski definition) is 6. The van der Waals surface area contributed by atoms with Crippen LogP contribution in [0, 0.1) is 5.82 Å². The van der Waals surface area contributed by atoms with Crippen molar-refractivity contribution in [1.29, 1.82) is 0 Å². The number of ether oxygens (including phenoxy) is 1. The summed E-state index contributed by atoms with van der Waals surface area (Å²) in [5, 5.41) is 16.0. The van der Waals surface area contributed by atoms with Gasteiger partial charge in [-0.3, -0.25) is 9.69 Å².